The van der Waals surface area contributed by atoms with Crippen LogP contribution >= 0.6 is 11.6 Å². The molecule has 3 rings (SSSR count). The molecular weight excluding hydrogens is 352 g/mol. The van der Waals surface area contributed by atoms with E-state index in [2.05, 4.69) is 12.2 Å². The van der Waals surface area contributed by atoms with Gasteiger partial charge in [-0.2, -0.15) is 0 Å². The normalized spacial score (nSPS) is 23.3. The second-order valence-corrected chi connectivity index (χ2v) is 7.16. The average Bonchev–Trinajstić information content (AvgIpc) is 2.69. The first-order valence-corrected chi connectivity index (χ1v) is 9.47. The summed E-state index contributed by atoms with van der Waals surface area (Å²) in [6.07, 6.45) is 11.6. The number of rotatable bonds is 5. The first-order valence-electron chi connectivity index (χ1n) is 9.10. The van der Waals surface area contributed by atoms with Crippen molar-refractivity contribution in [1.82, 2.24) is 0 Å². The molecular formula is C21H23ClO4. The predicted octanol–water partition coefficient (Wildman–Crippen LogP) is 5.14. The van der Waals surface area contributed by atoms with E-state index in [1.54, 1.807) is 24.3 Å². The Kier molecular flexibility index (Phi) is 6.51. The van der Waals surface area contributed by atoms with Crippen LogP contribution in [0.5, 0.6) is 0 Å². The van der Waals surface area contributed by atoms with E-state index in [1.165, 1.54) is 0 Å². The zero-order valence-electron chi connectivity index (χ0n) is 14.6. The molecule has 0 bridgehead atoms. The summed E-state index contributed by atoms with van der Waals surface area (Å²) in [5.74, 6) is -1.03. The van der Waals surface area contributed by atoms with Crippen LogP contribution in [0.1, 0.15) is 50.4 Å². The molecule has 1 aromatic carbocycles. The lowest BCUT2D eigenvalue weighted by atomic mass is 9.94. The highest BCUT2D eigenvalue weighted by atomic mass is 35.5. The van der Waals surface area contributed by atoms with Crippen molar-refractivity contribution in [3.63, 3.8) is 0 Å². The maximum absolute atomic E-state index is 12.5. The molecule has 26 heavy (non-hydrogen) atoms. The number of esters is 2. The molecule has 2 atom stereocenters. The number of carbonyl (C=O) groups excluding carboxylic acids is 2. The van der Waals surface area contributed by atoms with Crippen molar-refractivity contribution >= 4 is 23.5 Å². The van der Waals surface area contributed by atoms with Crippen LogP contribution in [-0.2, 0) is 19.1 Å². The summed E-state index contributed by atoms with van der Waals surface area (Å²) >= 11 is 5.94. The van der Waals surface area contributed by atoms with Gasteiger partial charge in [0, 0.05) is 10.6 Å². The number of benzene rings is 1. The predicted molar refractivity (Wildman–Crippen MR) is 99.3 cm³/mol. The molecule has 2 aliphatic carbocycles. The molecule has 5 heteroatoms. The number of hydrogen-bond acceptors (Lipinski definition) is 4. The van der Waals surface area contributed by atoms with E-state index in [0.29, 0.717) is 23.4 Å². The standard InChI is InChI=1S/C21H23ClO4/c22-18-13-11-17(12-14-18)21(25-19(23)15-7-3-1-4-8-15)26-20(24)16-9-5-2-6-10-16/h1-3,5,11-16,21H,4,6-10H2. The molecule has 138 valence electrons. The molecule has 0 heterocycles. The molecule has 0 aliphatic heterocycles. The fourth-order valence-electron chi connectivity index (χ4n) is 3.20. The third kappa shape index (κ3) is 4.98. The van der Waals surface area contributed by atoms with E-state index >= 15 is 0 Å². The first kappa shape index (κ1) is 18.7. The van der Waals surface area contributed by atoms with Crippen LogP contribution in [-0.4, -0.2) is 11.9 Å². The largest absolute Gasteiger partial charge is 0.420 e. The number of halogens is 1. The Balaban J connectivity index is 1.71. The number of carbonyl (C=O) groups is 2. The second-order valence-electron chi connectivity index (χ2n) is 6.72. The molecule has 4 nitrogen and oxygen atoms in total. The Hall–Kier alpha value is -2.07. The Morgan fingerprint density at radius 1 is 0.846 bits per heavy atom. The molecule has 0 fully saturated rings. The summed E-state index contributed by atoms with van der Waals surface area (Å²) in [4.78, 5) is 25.0. The highest BCUT2D eigenvalue weighted by Gasteiger charge is 2.29. The lowest BCUT2D eigenvalue weighted by Gasteiger charge is -2.25. The monoisotopic (exact) mass is 374 g/mol. The quantitative estimate of drug-likeness (QED) is 0.407. The summed E-state index contributed by atoms with van der Waals surface area (Å²) in [6.45, 7) is 0. The fourth-order valence-corrected chi connectivity index (χ4v) is 3.32. The van der Waals surface area contributed by atoms with Crippen LogP contribution in [0.15, 0.2) is 48.6 Å². The first-order chi connectivity index (χ1) is 12.6. The Labute approximate surface area is 158 Å². The summed E-state index contributed by atoms with van der Waals surface area (Å²) in [6, 6.07) is 6.82. The van der Waals surface area contributed by atoms with Gasteiger partial charge in [0.05, 0.1) is 11.8 Å². The Bertz CT molecular complexity index is 654. The maximum atomic E-state index is 12.5. The molecule has 0 N–H and O–H groups in total. The van der Waals surface area contributed by atoms with Gasteiger partial charge in [-0.15, -0.1) is 0 Å². The lowest BCUT2D eigenvalue weighted by molar-refractivity contribution is -0.196. The Morgan fingerprint density at radius 3 is 1.77 bits per heavy atom. The topological polar surface area (TPSA) is 52.6 Å². The van der Waals surface area contributed by atoms with Crippen molar-refractivity contribution in [2.45, 2.75) is 44.8 Å². The van der Waals surface area contributed by atoms with E-state index < -0.39 is 6.29 Å². The van der Waals surface area contributed by atoms with Crippen LogP contribution < -0.4 is 0 Å². The lowest BCUT2D eigenvalue weighted by Crippen LogP contribution is -2.27. The number of allylic oxidation sites excluding steroid dienone is 4. The number of hydrogen-bond donors (Lipinski definition) is 0. The number of ether oxygens (including phenoxy) is 2. The van der Waals surface area contributed by atoms with Gasteiger partial charge in [-0.3, -0.25) is 9.59 Å². The Morgan fingerprint density at radius 2 is 1.35 bits per heavy atom. The molecule has 1 aromatic rings. The summed E-state index contributed by atoms with van der Waals surface area (Å²) in [5, 5.41) is 0.569. The zero-order chi connectivity index (χ0) is 18.4. The minimum atomic E-state index is -1.04. The van der Waals surface area contributed by atoms with E-state index in [4.69, 9.17) is 21.1 Å². The van der Waals surface area contributed by atoms with Gasteiger partial charge in [0.1, 0.15) is 0 Å². The highest BCUT2D eigenvalue weighted by molar-refractivity contribution is 6.30. The highest BCUT2D eigenvalue weighted by Crippen LogP contribution is 2.29. The smallest absolute Gasteiger partial charge is 0.312 e. The molecule has 0 saturated heterocycles. The molecule has 2 unspecified atom stereocenters. The van der Waals surface area contributed by atoms with Crippen LogP contribution in [0, 0.1) is 11.8 Å². The zero-order valence-corrected chi connectivity index (χ0v) is 15.4. The fraction of sp³-hybridized carbons (Fsp3) is 0.429. The molecule has 0 spiro atoms. The molecule has 0 amide bonds. The van der Waals surface area contributed by atoms with Gasteiger partial charge in [-0.1, -0.05) is 48.0 Å². The summed E-state index contributed by atoms with van der Waals surface area (Å²) in [7, 11) is 0. The molecule has 2 aliphatic rings. The van der Waals surface area contributed by atoms with Gasteiger partial charge in [0.25, 0.3) is 6.29 Å². The second kappa shape index (κ2) is 9.04. The van der Waals surface area contributed by atoms with E-state index in [0.717, 1.165) is 25.7 Å². The maximum Gasteiger partial charge on any atom is 0.312 e. The van der Waals surface area contributed by atoms with Crippen molar-refractivity contribution < 1.29 is 19.1 Å². The van der Waals surface area contributed by atoms with E-state index in [9.17, 15) is 9.59 Å². The van der Waals surface area contributed by atoms with Crippen LogP contribution in [0.25, 0.3) is 0 Å². The molecule has 0 aromatic heterocycles. The van der Waals surface area contributed by atoms with Gasteiger partial charge in [-0.05, 0) is 50.7 Å². The van der Waals surface area contributed by atoms with Crippen LogP contribution in [0.2, 0.25) is 5.02 Å². The van der Waals surface area contributed by atoms with Gasteiger partial charge < -0.3 is 9.47 Å². The summed E-state index contributed by atoms with van der Waals surface area (Å²) < 4.78 is 11.2. The van der Waals surface area contributed by atoms with Crippen molar-refractivity contribution in [1.29, 1.82) is 0 Å². The third-order valence-corrected chi connectivity index (χ3v) is 5.05. The minimum Gasteiger partial charge on any atom is -0.420 e. The van der Waals surface area contributed by atoms with Crippen LogP contribution in [0.3, 0.4) is 0 Å². The average molecular weight is 375 g/mol. The van der Waals surface area contributed by atoms with Crippen molar-refractivity contribution in [2.24, 2.45) is 11.8 Å². The van der Waals surface area contributed by atoms with Gasteiger partial charge in [0.15, 0.2) is 0 Å². The van der Waals surface area contributed by atoms with Crippen molar-refractivity contribution in [2.75, 3.05) is 0 Å². The van der Waals surface area contributed by atoms with Gasteiger partial charge in [0.2, 0.25) is 0 Å². The SMILES string of the molecule is O=C(OC(OC(=O)C1CC=CCC1)c1ccc(Cl)cc1)C1CC=CCC1. The molecule has 0 radical (unpaired) electrons. The van der Waals surface area contributed by atoms with Gasteiger partial charge in [-0.25, -0.2) is 0 Å². The summed E-state index contributed by atoms with van der Waals surface area (Å²) in [5.41, 5.74) is 0.605. The van der Waals surface area contributed by atoms with E-state index in [-0.39, 0.29) is 23.8 Å². The van der Waals surface area contributed by atoms with Crippen LogP contribution in [0.4, 0.5) is 0 Å². The van der Waals surface area contributed by atoms with Crippen molar-refractivity contribution in [3.05, 3.63) is 59.2 Å². The third-order valence-electron chi connectivity index (χ3n) is 4.79. The minimum absolute atomic E-state index is 0.189. The molecule has 0 saturated carbocycles. The van der Waals surface area contributed by atoms with E-state index in [1.807, 2.05) is 12.2 Å². The van der Waals surface area contributed by atoms with Crippen molar-refractivity contribution in [3.8, 4) is 0 Å². The van der Waals surface area contributed by atoms with Gasteiger partial charge >= 0.3 is 11.9 Å².